The molecule has 0 aliphatic carbocycles. The first-order chi connectivity index (χ1) is 10.1. The molecule has 1 aromatic carbocycles. The molecule has 0 fully saturated rings. The van der Waals surface area contributed by atoms with Gasteiger partial charge in [0.05, 0.1) is 5.25 Å². The fourth-order valence-electron chi connectivity index (χ4n) is 2.10. The first-order valence-corrected chi connectivity index (χ1v) is 9.02. The zero-order valence-corrected chi connectivity index (χ0v) is 14.8. The highest BCUT2D eigenvalue weighted by atomic mass is 35.5. The molecule has 2 unspecified atom stereocenters. The summed E-state index contributed by atoms with van der Waals surface area (Å²) in [4.78, 5) is 13.2. The van der Waals surface area contributed by atoms with Gasteiger partial charge in [0, 0.05) is 16.5 Å². The summed E-state index contributed by atoms with van der Waals surface area (Å²) in [6, 6.07) is 7.61. The Balaban J connectivity index is 2.38. The molecule has 0 spiro atoms. The molecule has 0 saturated carbocycles. The van der Waals surface area contributed by atoms with Crippen LogP contribution in [0.1, 0.15) is 46.5 Å². The molecule has 0 bridgehead atoms. The lowest BCUT2D eigenvalue weighted by Crippen LogP contribution is -2.34. The number of thioether (sulfide) groups is 1. The van der Waals surface area contributed by atoms with Gasteiger partial charge in [-0.25, -0.2) is 0 Å². The van der Waals surface area contributed by atoms with Crippen molar-refractivity contribution >= 4 is 29.3 Å². The van der Waals surface area contributed by atoms with Crippen LogP contribution in [-0.4, -0.2) is 17.7 Å². The van der Waals surface area contributed by atoms with E-state index in [2.05, 4.69) is 19.2 Å². The van der Waals surface area contributed by atoms with Gasteiger partial charge in [-0.1, -0.05) is 44.7 Å². The van der Waals surface area contributed by atoms with Crippen LogP contribution in [0.15, 0.2) is 29.2 Å². The number of hydrogen-bond acceptors (Lipinski definition) is 2. The van der Waals surface area contributed by atoms with Crippen molar-refractivity contribution in [2.45, 2.75) is 56.6 Å². The van der Waals surface area contributed by atoms with Crippen LogP contribution < -0.4 is 5.32 Å². The van der Waals surface area contributed by atoms with E-state index in [9.17, 15) is 4.79 Å². The van der Waals surface area contributed by atoms with Gasteiger partial charge in [0.1, 0.15) is 0 Å². The van der Waals surface area contributed by atoms with Gasteiger partial charge in [0.15, 0.2) is 0 Å². The molecule has 1 amide bonds. The van der Waals surface area contributed by atoms with Gasteiger partial charge < -0.3 is 5.32 Å². The summed E-state index contributed by atoms with van der Waals surface area (Å²) in [5.74, 6) is 0.714. The lowest BCUT2D eigenvalue weighted by Gasteiger charge is -2.17. The predicted molar refractivity (Wildman–Crippen MR) is 93.1 cm³/mol. The van der Waals surface area contributed by atoms with E-state index in [0.717, 1.165) is 22.9 Å². The fraction of sp³-hybridized carbons (Fsp3) is 0.588. The monoisotopic (exact) mass is 327 g/mol. The second-order valence-electron chi connectivity index (χ2n) is 5.38. The minimum Gasteiger partial charge on any atom is -0.355 e. The predicted octanol–water partition coefficient (Wildman–Crippen LogP) is 5.15. The summed E-state index contributed by atoms with van der Waals surface area (Å²) in [6.45, 7) is 7.14. The van der Waals surface area contributed by atoms with Crippen LogP contribution in [-0.2, 0) is 4.79 Å². The Morgan fingerprint density at radius 2 is 1.95 bits per heavy atom. The molecule has 4 heteroatoms. The molecule has 0 saturated heterocycles. The smallest absolute Gasteiger partial charge is 0.233 e. The Kier molecular flexibility index (Phi) is 8.86. The molecule has 0 radical (unpaired) electrons. The Morgan fingerprint density at radius 3 is 2.52 bits per heavy atom. The van der Waals surface area contributed by atoms with Gasteiger partial charge in [-0.05, 0) is 43.5 Å². The van der Waals surface area contributed by atoms with Crippen molar-refractivity contribution in [2.24, 2.45) is 5.92 Å². The molecule has 2 nitrogen and oxygen atoms in total. The highest BCUT2D eigenvalue weighted by Crippen LogP contribution is 2.24. The maximum atomic E-state index is 12.2. The first kappa shape index (κ1) is 18.4. The molecule has 0 aliphatic heterocycles. The largest absolute Gasteiger partial charge is 0.355 e. The van der Waals surface area contributed by atoms with Gasteiger partial charge in [-0.3, -0.25) is 4.79 Å². The van der Waals surface area contributed by atoms with E-state index in [1.54, 1.807) is 11.8 Å². The third kappa shape index (κ3) is 7.23. The van der Waals surface area contributed by atoms with Crippen LogP contribution in [0.4, 0.5) is 0 Å². The number of unbranched alkanes of at least 4 members (excludes halogenated alkanes) is 1. The number of carbonyl (C=O) groups excluding carboxylic acids is 1. The SMILES string of the molecule is CCCCC(CC)CNC(=O)C(C)Sc1ccc(Cl)cc1. The number of rotatable bonds is 9. The second-order valence-corrected chi connectivity index (χ2v) is 7.23. The maximum Gasteiger partial charge on any atom is 0.233 e. The van der Waals surface area contributed by atoms with Gasteiger partial charge in [-0.2, -0.15) is 0 Å². The van der Waals surface area contributed by atoms with E-state index < -0.39 is 0 Å². The first-order valence-electron chi connectivity index (χ1n) is 7.76. The maximum absolute atomic E-state index is 12.2. The second kappa shape index (κ2) is 10.1. The van der Waals surface area contributed by atoms with E-state index in [-0.39, 0.29) is 11.2 Å². The van der Waals surface area contributed by atoms with Crippen LogP contribution in [0.3, 0.4) is 0 Å². The molecule has 0 aromatic heterocycles. The molecule has 2 atom stereocenters. The number of benzene rings is 1. The minimum atomic E-state index is -0.0881. The van der Waals surface area contributed by atoms with E-state index in [1.165, 1.54) is 19.3 Å². The molecule has 1 rings (SSSR count). The van der Waals surface area contributed by atoms with Crippen molar-refractivity contribution in [1.29, 1.82) is 0 Å². The summed E-state index contributed by atoms with van der Waals surface area (Å²) in [5, 5.41) is 3.72. The Morgan fingerprint density at radius 1 is 1.29 bits per heavy atom. The highest BCUT2D eigenvalue weighted by molar-refractivity contribution is 8.00. The summed E-state index contributed by atoms with van der Waals surface area (Å²) in [7, 11) is 0. The normalized spacial score (nSPS) is 13.7. The number of carbonyl (C=O) groups is 1. The molecule has 1 aromatic rings. The Hall–Kier alpha value is -0.670. The standard InChI is InChI=1S/C17H26ClNOS/c1-4-6-7-14(5-2)12-19-17(20)13(3)21-16-10-8-15(18)9-11-16/h8-11,13-14H,4-7,12H2,1-3H3,(H,19,20). The summed E-state index contributed by atoms with van der Waals surface area (Å²) >= 11 is 7.43. The zero-order valence-electron chi connectivity index (χ0n) is 13.2. The van der Waals surface area contributed by atoms with Crippen LogP contribution in [0, 0.1) is 5.92 Å². The minimum absolute atomic E-state index is 0.0881. The van der Waals surface area contributed by atoms with Crippen molar-refractivity contribution in [3.05, 3.63) is 29.3 Å². The Labute approximate surface area is 138 Å². The van der Waals surface area contributed by atoms with Gasteiger partial charge in [0.2, 0.25) is 5.91 Å². The number of nitrogens with one attached hydrogen (secondary N) is 1. The molecule has 21 heavy (non-hydrogen) atoms. The molecular formula is C17H26ClNOS. The van der Waals surface area contributed by atoms with Crippen molar-refractivity contribution in [2.75, 3.05) is 6.54 Å². The van der Waals surface area contributed by atoms with Crippen molar-refractivity contribution in [3.63, 3.8) is 0 Å². The van der Waals surface area contributed by atoms with E-state index in [4.69, 9.17) is 11.6 Å². The lowest BCUT2D eigenvalue weighted by molar-refractivity contribution is -0.120. The third-order valence-corrected chi connectivity index (χ3v) is 4.97. The van der Waals surface area contributed by atoms with Crippen LogP contribution in [0.25, 0.3) is 0 Å². The van der Waals surface area contributed by atoms with Crippen molar-refractivity contribution in [3.8, 4) is 0 Å². The summed E-state index contributed by atoms with van der Waals surface area (Å²) in [6.07, 6.45) is 4.78. The average Bonchev–Trinajstić information content (AvgIpc) is 2.49. The average molecular weight is 328 g/mol. The third-order valence-electron chi connectivity index (χ3n) is 3.60. The van der Waals surface area contributed by atoms with Crippen LogP contribution >= 0.6 is 23.4 Å². The highest BCUT2D eigenvalue weighted by Gasteiger charge is 2.15. The quantitative estimate of drug-likeness (QED) is 0.635. The molecule has 0 aliphatic rings. The topological polar surface area (TPSA) is 29.1 Å². The number of hydrogen-bond donors (Lipinski definition) is 1. The number of amides is 1. The van der Waals surface area contributed by atoms with E-state index >= 15 is 0 Å². The van der Waals surface area contributed by atoms with Crippen LogP contribution in [0.2, 0.25) is 5.02 Å². The van der Waals surface area contributed by atoms with Gasteiger partial charge in [0.25, 0.3) is 0 Å². The van der Waals surface area contributed by atoms with Gasteiger partial charge in [-0.15, -0.1) is 11.8 Å². The van der Waals surface area contributed by atoms with E-state index in [0.29, 0.717) is 5.92 Å². The van der Waals surface area contributed by atoms with Gasteiger partial charge >= 0.3 is 0 Å². The van der Waals surface area contributed by atoms with E-state index in [1.807, 2.05) is 31.2 Å². The zero-order chi connectivity index (χ0) is 15.7. The number of halogens is 1. The summed E-state index contributed by atoms with van der Waals surface area (Å²) < 4.78 is 0. The molecule has 0 heterocycles. The van der Waals surface area contributed by atoms with Crippen LogP contribution in [0.5, 0.6) is 0 Å². The Bertz CT molecular complexity index is 421. The summed E-state index contributed by atoms with van der Waals surface area (Å²) in [5.41, 5.74) is 0. The lowest BCUT2D eigenvalue weighted by atomic mass is 9.99. The molecule has 1 N–H and O–H groups in total. The molecular weight excluding hydrogens is 302 g/mol. The van der Waals surface area contributed by atoms with Crippen molar-refractivity contribution in [1.82, 2.24) is 5.32 Å². The molecule has 118 valence electrons. The van der Waals surface area contributed by atoms with Crippen molar-refractivity contribution < 1.29 is 4.79 Å². The fourth-order valence-corrected chi connectivity index (χ4v) is 3.12.